The number of carbonyl (C=O) groups excluding carboxylic acids is 1. The van der Waals surface area contributed by atoms with E-state index in [9.17, 15) is 13.2 Å². The van der Waals surface area contributed by atoms with Crippen LogP contribution in [-0.2, 0) is 14.8 Å². The Bertz CT molecular complexity index is 612. The summed E-state index contributed by atoms with van der Waals surface area (Å²) in [6, 6.07) is 5.00. The summed E-state index contributed by atoms with van der Waals surface area (Å²) in [4.78, 5) is 11.7. The molecule has 0 atom stereocenters. The third kappa shape index (κ3) is 3.40. The number of nitrogens with zero attached hydrogens (tertiary/aromatic N) is 1. The number of hydrogen-bond acceptors (Lipinski definition) is 5. The fourth-order valence-corrected chi connectivity index (χ4v) is 2.41. The van der Waals surface area contributed by atoms with Gasteiger partial charge in [0.1, 0.15) is 0 Å². The summed E-state index contributed by atoms with van der Waals surface area (Å²) in [5.41, 5.74) is 0.543. The van der Waals surface area contributed by atoms with E-state index < -0.39 is 10.0 Å². The van der Waals surface area contributed by atoms with Gasteiger partial charge in [0.05, 0.1) is 5.75 Å². The van der Waals surface area contributed by atoms with Crippen molar-refractivity contribution in [1.29, 1.82) is 0 Å². The number of amides is 1. The highest BCUT2D eigenvalue weighted by Gasteiger charge is 2.17. The number of sulfonamides is 1. The number of hydrogen-bond donors (Lipinski definition) is 1. The third-order valence-corrected chi connectivity index (χ3v) is 4.63. The highest BCUT2D eigenvalue weighted by atomic mass is 32.2. The molecule has 0 aromatic heterocycles. The predicted molar refractivity (Wildman–Crippen MR) is 73.3 cm³/mol. The number of nitrogens with one attached hydrogen (secondary N) is 1. The molecule has 0 saturated carbocycles. The van der Waals surface area contributed by atoms with Crippen LogP contribution in [0.2, 0.25) is 0 Å². The van der Waals surface area contributed by atoms with Crippen LogP contribution in [0.5, 0.6) is 11.5 Å². The molecule has 0 unspecified atom stereocenters. The Labute approximate surface area is 117 Å². The standard InChI is InChI=1S/C12H16N2O5S/c1-14(2)20(16,17)6-5-12(15)13-9-3-4-10-11(7-9)19-8-18-10/h3-4,7H,5-6,8H2,1-2H3,(H,13,15). The Hall–Kier alpha value is -1.80. The number of rotatable bonds is 5. The van der Waals surface area contributed by atoms with E-state index in [2.05, 4.69) is 5.32 Å². The molecule has 0 fully saturated rings. The first-order valence-electron chi connectivity index (χ1n) is 5.98. The molecule has 2 rings (SSSR count). The Morgan fingerprint density at radius 1 is 1.30 bits per heavy atom. The maximum absolute atomic E-state index is 11.7. The summed E-state index contributed by atoms with van der Waals surface area (Å²) in [6.07, 6.45) is -0.102. The van der Waals surface area contributed by atoms with Gasteiger partial charge in [-0.2, -0.15) is 0 Å². The molecule has 20 heavy (non-hydrogen) atoms. The topological polar surface area (TPSA) is 84.9 Å². The molecule has 110 valence electrons. The lowest BCUT2D eigenvalue weighted by Gasteiger charge is -2.11. The lowest BCUT2D eigenvalue weighted by atomic mass is 10.2. The highest BCUT2D eigenvalue weighted by Crippen LogP contribution is 2.34. The van der Waals surface area contributed by atoms with Gasteiger partial charge in [0.25, 0.3) is 0 Å². The minimum atomic E-state index is -3.37. The summed E-state index contributed by atoms with van der Waals surface area (Å²) in [7, 11) is -0.496. The Balaban J connectivity index is 1.92. The number of benzene rings is 1. The summed E-state index contributed by atoms with van der Waals surface area (Å²) < 4.78 is 34.5. The third-order valence-electron chi connectivity index (χ3n) is 2.80. The molecular weight excluding hydrogens is 284 g/mol. The summed E-state index contributed by atoms with van der Waals surface area (Å²) in [5.74, 6) is 0.590. The molecule has 1 aromatic rings. The average molecular weight is 300 g/mol. The largest absolute Gasteiger partial charge is 0.454 e. The van der Waals surface area contributed by atoms with Crippen LogP contribution in [0.4, 0.5) is 5.69 Å². The molecule has 1 N–H and O–H groups in total. The fraction of sp³-hybridized carbons (Fsp3) is 0.417. The van der Waals surface area contributed by atoms with Crippen molar-refractivity contribution in [3.8, 4) is 11.5 Å². The molecule has 1 aliphatic rings. The van der Waals surface area contributed by atoms with Gasteiger partial charge in [-0.15, -0.1) is 0 Å². The minimum Gasteiger partial charge on any atom is -0.454 e. The molecule has 0 radical (unpaired) electrons. The monoisotopic (exact) mass is 300 g/mol. The number of fused-ring (bicyclic) bond motifs is 1. The Morgan fingerprint density at radius 3 is 2.70 bits per heavy atom. The quantitative estimate of drug-likeness (QED) is 0.862. The molecular formula is C12H16N2O5S. The average Bonchev–Trinajstić information content (AvgIpc) is 2.83. The van der Waals surface area contributed by atoms with Crippen molar-refractivity contribution in [3.05, 3.63) is 18.2 Å². The second-order valence-corrected chi connectivity index (χ2v) is 6.77. The van der Waals surface area contributed by atoms with Crippen molar-refractivity contribution in [2.45, 2.75) is 6.42 Å². The van der Waals surface area contributed by atoms with Gasteiger partial charge in [-0.25, -0.2) is 12.7 Å². The van der Waals surface area contributed by atoms with Gasteiger partial charge in [-0.1, -0.05) is 0 Å². The maximum Gasteiger partial charge on any atom is 0.231 e. The Kier molecular flexibility index (Phi) is 4.15. The Morgan fingerprint density at radius 2 is 2.00 bits per heavy atom. The highest BCUT2D eigenvalue weighted by molar-refractivity contribution is 7.89. The van der Waals surface area contributed by atoms with Crippen LogP contribution in [-0.4, -0.2) is 45.3 Å². The lowest BCUT2D eigenvalue weighted by Crippen LogP contribution is -2.27. The van der Waals surface area contributed by atoms with Gasteiger partial charge in [0.15, 0.2) is 11.5 Å². The van der Waals surface area contributed by atoms with Crippen molar-refractivity contribution in [3.63, 3.8) is 0 Å². The van der Waals surface area contributed by atoms with E-state index in [4.69, 9.17) is 9.47 Å². The van der Waals surface area contributed by atoms with Crippen molar-refractivity contribution in [1.82, 2.24) is 4.31 Å². The molecule has 0 aliphatic carbocycles. The van der Waals surface area contributed by atoms with Gasteiger partial charge < -0.3 is 14.8 Å². The molecule has 8 heteroatoms. The number of anilines is 1. The van der Waals surface area contributed by atoms with Crippen molar-refractivity contribution in [2.24, 2.45) is 0 Å². The lowest BCUT2D eigenvalue weighted by molar-refractivity contribution is -0.115. The van der Waals surface area contributed by atoms with E-state index in [1.807, 2.05) is 0 Å². The van der Waals surface area contributed by atoms with Gasteiger partial charge in [0, 0.05) is 32.3 Å². The fourth-order valence-electron chi connectivity index (χ4n) is 1.60. The first-order valence-corrected chi connectivity index (χ1v) is 7.59. The van der Waals surface area contributed by atoms with E-state index in [-0.39, 0.29) is 24.9 Å². The minimum absolute atomic E-state index is 0.102. The molecule has 1 aliphatic heterocycles. The van der Waals surface area contributed by atoms with E-state index >= 15 is 0 Å². The number of ether oxygens (including phenoxy) is 2. The smallest absolute Gasteiger partial charge is 0.231 e. The van der Waals surface area contributed by atoms with Crippen LogP contribution in [0.1, 0.15) is 6.42 Å². The van der Waals surface area contributed by atoms with Crippen LogP contribution in [0.3, 0.4) is 0 Å². The van der Waals surface area contributed by atoms with E-state index in [1.165, 1.54) is 14.1 Å². The van der Waals surface area contributed by atoms with E-state index in [0.717, 1.165) is 4.31 Å². The van der Waals surface area contributed by atoms with Crippen LogP contribution >= 0.6 is 0 Å². The van der Waals surface area contributed by atoms with E-state index in [1.54, 1.807) is 18.2 Å². The number of carbonyl (C=O) groups is 1. The zero-order valence-electron chi connectivity index (χ0n) is 11.3. The second kappa shape index (κ2) is 5.68. The summed E-state index contributed by atoms with van der Waals surface area (Å²) in [6.45, 7) is 0.161. The van der Waals surface area contributed by atoms with Crippen LogP contribution in [0.25, 0.3) is 0 Å². The molecule has 0 bridgehead atoms. The molecule has 0 spiro atoms. The first-order chi connectivity index (χ1) is 9.38. The van der Waals surface area contributed by atoms with Gasteiger partial charge in [0.2, 0.25) is 22.7 Å². The summed E-state index contributed by atoms with van der Waals surface area (Å²) in [5, 5.41) is 2.63. The van der Waals surface area contributed by atoms with Crippen LogP contribution in [0, 0.1) is 0 Å². The SMILES string of the molecule is CN(C)S(=O)(=O)CCC(=O)Nc1ccc2c(c1)OCO2. The summed E-state index contributed by atoms with van der Waals surface area (Å²) >= 11 is 0. The van der Waals surface area contributed by atoms with Gasteiger partial charge in [-0.3, -0.25) is 4.79 Å². The maximum atomic E-state index is 11.7. The molecule has 1 amide bonds. The molecule has 7 nitrogen and oxygen atoms in total. The van der Waals surface area contributed by atoms with Gasteiger partial charge >= 0.3 is 0 Å². The molecule has 1 heterocycles. The van der Waals surface area contributed by atoms with Crippen LogP contribution in [0.15, 0.2) is 18.2 Å². The second-order valence-electron chi connectivity index (χ2n) is 4.46. The zero-order valence-corrected chi connectivity index (χ0v) is 12.1. The molecule has 0 saturated heterocycles. The van der Waals surface area contributed by atoms with Crippen LogP contribution < -0.4 is 14.8 Å². The van der Waals surface area contributed by atoms with Crippen molar-refractivity contribution >= 4 is 21.6 Å². The van der Waals surface area contributed by atoms with Crippen molar-refractivity contribution in [2.75, 3.05) is 32.0 Å². The zero-order chi connectivity index (χ0) is 14.8. The predicted octanol–water partition coefficient (Wildman–Crippen LogP) is 0.635. The first kappa shape index (κ1) is 14.6. The van der Waals surface area contributed by atoms with E-state index in [0.29, 0.717) is 17.2 Å². The van der Waals surface area contributed by atoms with Gasteiger partial charge in [-0.05, 0) is 12.1 Å². The van der Waals surface area contributed by atoms with Crippen molar-refractivity contribution < 1.29 is 22.7 Å². The normalized spacial score (nSPS) is 13.6. The molecule has 1 aromatic carbocycles.